The minimum Gasteiger partial charge on any atom is -0.480 e. The molecule has 3 rings (SSSR count). The molecule has 0 saturated heterocycles. The van der Waals surface area contributed by atoms with Crippen molar-refractivity contribution in [2.75, 3.05) is 0 Å². The molecule has 1 saturated carbocycles. The number of hydrogen-bond acceptors (Lipinski definition) is 5. The minimum absolute atomic E-state index is 0.0752. The van der Waals surface area contributed by atoms with Crippen molar-refractivity contribution in [3.05, 3.63) is 59.1 Å². The molecule has 0 spiro atoms. The molecule has 1 aliphatic rings. The van der Waals surface area contributed by atoms with Crippen LogP contribution in [0.1, 0.15) is 37.7 Å². The van der Waals surface area contributed by atoms with Gasteiger partial charge in [-0.25, -0.2) is 0 Å². The molecular weight excluding hydrogens is 415 g/mol. The van der Waals surface area contributed by atoms with Gasteiger partial charge in [0.25, 0.3) is 0 Å². The fourth-order valence-electron chi connectivity index (χ4n) is 4.15. The van der Waals surface area contributed by atoms with Crippen molar-refractivity contribution in [1.82, 2.24) is 5.32 Å². The van der Waals surface area contributed by atoms with Crippen LogP contribution >= 0.6 is 11.6 Å². The zero-order valence-electron chi connectivity index (χ0n) is 17.5. The summed E-state index contributed by atoms with van der Waals surface area (Å²) >= 11 is 5.95. The number of hydrogen-bond donors (Lipinski definition) is 5. The lowest BCUT2D eigenvalue weighted by atomic mass is 9.66. The van der Waals surface area contributed by atoms with Gasteiger partial charge in [-0.15, -0.1) is 0 Å². The van der Waals surface area contributed by atoms with Crippen LogP contribution in [-0.4, -0.2) is 39.8 Å². The van der Waals surface area contributed by atoms with Gasteiger partial charge in [0.2, 0.25) is 0 Å². The SMILES string of the molecule is NC(CCCCB(O)O)(C(=O)O)C1CC(NCc2ccc(-c3ccc(Cl)cc3)cc2)C1. The van der Waals surface area contributed by atoms with E-state index in [0.29, 0.717) is 19.3 Å². The van der Waals surface area contributed by atoms with Crippen LogP contribution in [0.25, 0.3) is 11.1 Å². The lowest BCUT2D eigenvalue weighted by molar-refractivity contribution is -0.148. The maximum atomic E-state index is 11.8. The molecule has 6 nitrogen and oxygen atoms in total. The number of nitrogens with one attached hydrogen (secondary N) is 1. The van der Waals surface area contributed by atoms with Crippen LogP contribution in [-0.2, 0) is 11.3 Å². The summed E-state index contributed by atoms with van der Waals surface area (Å²) < 4.78 is 0. The van der Waals surface area contributed by atoms with Crippen molar-refractivity contribution < 1.29 is 19.9 Å². The van der Waals surface area contributed by atoms with E-state index in [4.69, 9.17) is 27.4 Å². The van der Waals surface area contributed by atoms with Crippen LogP contribution in [0.2, 0.25) is 11.3 Å². The van der Waals surface area contributed by atoms with E-state index in [-0.39, 0.29) is 18.3 Å². The highest BCUT2D eigenvalue weighted by atomic mass is 35.5. The molecule has 166 valence electrons. The van der Waals surface area contributed by atoms with E-state index < -0.39 is 18.6 Å². The summed E-state index contributed by atoms with van der Waals surface area (Å²) in [5, 5.41) is 31.7. The Morgan fingerprint density at radius 2 is 1.65 bits per heavy atom. The molecule has 1 fully saturated rings. The van der Waals surface area contributed by atoms with Gasteiger partial charge in [0.05, 0.1) is 0 Å². The summed E-state index contributed by atoms with van der Waals surface area (Å²) in [4.78, 5) is 11.8. The maximum Gasteiger partial charge on any atom is 0.451 e. The average molecular weight is 445 g/mol. The highest BCUT2D eigenvalue weighted by molar-refractivity contribution is 6.40. The molecule has 1 atom stereocenters. The van der Waals surface area contributed by atoms with E-state index in [1.165, 1.54) is 5.56 Å². The molecule has 31 heavy (non-hydrogen) atoms. The first-order valence-corrected chi connectivity index (χ1v) is 11.1. The van der Waals surface area contributed by atoms with E-state index in [0.717, 1.165) is 35.5 Å². The van der Waals surface area contributed by atoms with Crippen molar-refractivity contribution in [2.24, 2.45) is 11.7 Å². The highest BCUT2D eigenvalue weighted by Gasteiger charge is 2.47. The highest BCUT2D eigenvalue weighted by Crippen LogP contribution is 2.38. The smallest absolute Gasteiger partial charge is 0.451 e. The summed E-state index contributed by atoms with van der Waals surface area (Å²) in [6.07, 6.45) is 3.15. The van der Waals surface area contributed by atoms with Gasteiger partial charge >= 0.3 is 13.1 Å². The largest absolute Gasteiger partial charge is 0.480 e. The number of carboxylic acid groups (broad SMARTS) is 1. The Hall–Kier alpha value is -1.90. The number of halogens is 1. The van der Waals surface area contributed by atoms with E-state index in [1.807, 2.05) is 24.3 Å². The van der Waals surface area contributed by atoms with Gasteiger partial charge in [-0.2, -0.15) is 0 Å². The van der Waals surface area contributed by atoms with Crippen molar-refractivity contribution in [3.63, 3.8) is 0 Å². The summed E-state index contributed by atoms with van der Waals surface area (Å²) in [5.74, 6) is -1.05. The van der Waals surface area contributed by atoms with E-state index >= 15 is 0 Å². The normalized spacial score (nSPS) is 20.0. The van der Waals surface area contributed by atoms with E-state index in [9.17, 15) is 9.90 Å². The second-order valence-electron chi connectivity index (χ2n) is 8.52. The molecule has 0 radical (unpaired) electrons. The maximum absolute atomic E-state index is 11.8. The summed E-state index contributed by atoms with van der Waals surface area (Å²) in [6.45, 7) is 0.720. The van der Waals surface area contributed by atoms with Crippen molar-refractivity contribution in [2.45, 2.75) is 56.5 Å². The Kier molecular flexibility index (Phi) is 8.14. The van der Waals surface area contributed by atoms with E-state index in [2.05, 4.69) is 29.6 Å². The van der Waals surface area contributed by atoms with Gasteiger partial charge < -0.3 is 26.2 Å². The Bertz CT molecular complexity index is 857. The molecule has 0 amide bonds. The van der Waals surface area contributed by atoms with Gasteiger partial charge in [0.1, 0.15) is 5.54 Å². The summed E-state index contributed by atoms with van der Waals surface area (Å²) in [6, 6.07) is 16.4. The van der Waals surface area contributed by atoms with Crippen LogP contribution in [0.4, 0.5) is 0 Å². The number of unbranched alkanes of at least 4 members (excludes halogenated alkanes) is 1. The first-order valence-electron chi connectivity index (χ1n) is 10.7. The average Bonchev–Trinajstić information content (AvgIpc) is 2.71. The quantitative estimate of drug-likeness (QED) is 0.268. The molecule has 1 aliphatic carbocycles. The number of carbonyl (C=O) groups is 1. The van der Waals surface area contributed by atoms with Crippen LogP contribution < -0.4 is 11.1 Å². The lowest BCUT2D eigenvalue weighted by Gasteiger charge is -2.45. The lowest BCUT2D eigenvalue weighted by Crippen LogP contribution is -2.61. The van der Waals surface area contributed by atoms with Crippen molar-refractivity contribution >= 4 is 24.7 Å². The Morgan fingerprint density at radius 3 is 2.19 bits per heavy atom. The first-order chi connectivity index (χ1) is 14.8. The van der Waals surface area contributed by atoms with Gasteiger partial charge in [0.15, 0.2) is 0 Å². The number of carboxylic acids is 1. The molecule has 2 aromatic carbocycles. The predicted octanol–water partition coefficient (Wildman–Crippen LogP) is 3.30. The summed E-state index contributed by atoms with van der Waals surface area (Å²) in [7, 11) is -1.35. The third kappa shape index (κ3) is 6.31. The fourth-order valence-corrected chi connectivity index (χ4v) is 4.28. The first kappa shape index (κ1) is 23.8. The molecular formula is C23H30BClN2O4. The summed E-state index contributed by atoms with van der Waals surface area (Å²) in [5.41, 5.74) is 8.42. The molecule has 1 unspecified atom stereocenters. The number of benzene rings is 2. The molecule has 0 bridgehead atoms. The topological polar surface area (TPSA) is 116 Å². The zero-order chi connectivity index (χ0) is 22.4. The molecule has 0 heterocycles. The second-order valence-corrected chi connectivity index (χ2v) is 8.96. The van der Waals surface area contributed by atoms with Crippen molar-refractivity contribution in [1.29, 1.82) is 0 Å². The molecule has 0 aromatic heterocycles. The van der Waals surface area contributed by atoms with Gasteiger partial charge in [-0.3, -0.25) is 4.79 Å². The molecule has 8 heteroatoms. The second kappa shape index (κ2) is 10.6. The standard InChI is InChI=1S/C23H30BClN2O4/c25-20-9-7-18(8-10-20)17-5-3-16(4-6-17)15-27-21-13-19(14-21)23(26,22(28)29)11-1-2-12-24(30)31/h3-10,19,21,27,30-31H,1-2,11-15,26H2,(H,28,29). The number of nitrogens with two attached hydrogens (primary N) is 1. The minimum atomic E-state index is -1.35. The van der Waals surface area contributed by atoms with Crippen LogP contribution in [0.15, 0.2) is 48.5 Å². The number of rotatable bonds is 11. The van der Waals surface area contributed by atoms with Crippen molar-refractivity contribution in [3.8, 4) is 11.1 Å². The van der Waals surface area contributed by atoms with Crippen LogP contribution in [0.5, 0.6) is 0 Å². The molecule has 2 aromatic rings. The zero-order valence-corrected chi connectivity index (χ0v) is 18.3. The third-order valence-electron chi connectivity index (χ3n) is 6.29. The number of aliphatic carboxylic acids is 1. The monoisotopic (exact) mass is 444 g/mol. The van der Waals surface area contributed by atoms with E-state index in [1.54, 1.807) is 0 Å². The van der Waals surface area contributed by atoms with Crippen LogP contribution in [0, 0.1) is 5.92 Å². The van der Waals surface area contributed by atoms with Gasteiger partial charge in [-0.1, -0.05) is 60.8 Å². The van der Waals surface area contributed by atoms with Gasteiger partial charge in [0, 0.05) is 17.6 Å². The predicted molar refractivity (Wildman–Crippen MR) is 124 cm³/mol. The Labute approximate surface area is 188 Å². The fraction of sp³-hybridized carbons (Fsp3) is 0.435. The molecule has 6 N–H and O–H groups in total. The van der Waals surface area contributed by atoms with Crippen LogP contribution in [0.3, 0.4) is 0 Å². The Morgan fingerprint density at radius 1 is 1.06 bits per heavy atom. The third-order valence-corrected chi connectivity index (χ3v) is 6.55. The Balaban J connectivity index is 1.45. The molecule has 0 aliphatic heterocycles. The van der Waals surface area contributed by atoms with Gasteiger partial charge in [-0.05, 0) is 60.3 Å².